The minimum Gasteiger partial charge on any atom is -0.358 e. The van der Waals surface area contributed by atoms with Crippen LogP contribution in [0.4, 0.5) is 0 Å². The number of hydrogen-bond donors (Lipinski definition) is 1. The Hall–Kier alpha value is -4.77. The third-order valence-electron chi connectivity index (χ3n) is 9.92. The molecule has 0 saturated carbocycles. The Morgan fingerprint density at radius 3 is 1.75 bits per heavy atom. The summed E-state index contributed by atoms with van der Waals surface area (Å²) in [5.41, 5.74) is 15.1. The number of aromatic amines is 1. The largest absolute Gasteiger partial charge is 0.358 e. The summed E-state index contributed by atoms with van der Waals surface area (Å²) in [5.74, 6) is 0. The van der Waals surface area contributed by atoms with Gasteiger partial charge in [0.05, 0.1) is 11.4 Å². The van der Waals surface area contributed by atoms with Crippen molar-refractivity contribution in [3.8, 4) is 0 Å². The highest BCUT2D eigenvalue weighted by Crippen LogP contribution is 2.43. The molecule has 0 fully saturated rings. The molecule has 6 aromatic rings. The van der Waals surface area contributed by atoms with Crippen molar-refractivity contribution in [3.63, 3.8) is 0 Å². The van der Waals surface area contributed by atoms with Crippen molar-refractivity contribution in [1.29, 1.82) is 0 Å². The third kappa shape index (κ3) is 5.30. The summed E-state index contributed by atoms with van der Waals surface area (Å²) in [5, 5.41) is 0. The van der Waals surface area contributed by atoms with Gasteiger partial charge in [-0.25, -0.2) is 4.99 Å². The molecule has 8 rings (SSSR count). The maximum Gasteiger partial charge on any atom is 0.0730 e. The molecule has 0 radical (unpaired) electrons. The van der Waals surface area contributed by atoms with E-state index < -0.39 is 0 Å². The average molecular weight is 659 g/mol. The predicted octanol–water partition coefficient (Wildman–Crippen LogP) is 10.0. The van der Waals surface area contributed by atoms with Crippen LogP contribution in [-0.4, -0.2) is 10.7 Å². The molecular formula is C44H38N2S2. The zero-order valence-corrected chi connectivity index (χ0v) is 29.7. The van der Waals surface area contributed by atoms with Gasteiger partial charge in [0, 0.05) is 52.3 Å². The van der Waals surface area contributed by atoms with E-state index in [1.807, 2.05) is 22.7 Å². The molecule has 2 aliphatic rings. The molecule has 48 heavy (non-hydrogen) atoms. The van der Waals surface area contributed by atoms with E-state index in [1.54, 1.807) is 0 Å². The standard InChI is InChI=1S/C44H38N2S2/c1-6-44(5)39-25-21-35(46-39)43(32-17-11-29(4)12-18-32)37-23-22-36(47-37)41(30-13-7-27(2)8-14-30)33-19-20-34(45-33)42(38-24-26-40(44)48-38)31-15-9-28(3)10-16-31/h7-26,46H,6H2,1-5H3/b41-36-,42-34-,43-37-. The fourth-order valence-electron chi connectivity index (χ4n) is 6.80. The van der Waals surface area contributed by atoms with Gasteiger partial charge in [0.15, 0.2) is 0 Å². The molecule has 3 aromatic carbocycles. The molecule has 4 heteroatoms. The van der Waals surface area contributed by atoms with Crippen molar-refractivity contribution in [2.45, 2.75) is 46.5 Å². The lowest BCUT2D eigenvalue weighted by atomic mass is 9.82. The van der Waals surface area contributed by atoms with E-state index in [1.165, 1.54) is 69.0 Å². The first-order chi connectivity index (χ1) is 23.3. The van der Waals surface area contributed by atoms with Crippen LogP contribution < -0.4 is 9.06 Å². The van der Waals surface area contributed by atoms with E-state index in [4.69, 9.17) is 4.99 Å². The van der Waals surface area contributed by atoms with E-state index in [0.29, 0.717) is 0 Å². The van der Waals surface area contributed by atoms with Gasteiger partial charge >= 0.3 is 0 Å². The molecular weight excluding hydrogens is 621 g/mol. The zero-order valence-electron chi connectivity index (χ0n) is 28.0. The van der Waals surface area contributed by atoms with E-state index in [0.717, 1.165) is 29.1 Å². The number of rotatable bonds is 4. The second kappa shape index (κ2) is 12.0. The lowest BCUT2D eigenvalue weighted by molar-refractivity contribution is 0.546. The van der Waals surface area contributed by atoms with E-state index in [-0.39, 0.29) is 5.41 Å². The first-order valence-electron chi connectivity index (χ1n) is 16.7. The second-order valence-corrected chi connectivity index (χ2v) is 15.4. The number of allylic oxidation sites excluding steroid dienone is 2. The van der Waals surface area contributed by atoms with Crippen molar-refractivity contribution in [2.75, 3.05) is 0 Å². The first-order valence-corrected chi connectivity index (χ1v) is 18.3. The Labute approximate surface area is 290 Å². The Morgan fingerprint density at radius 2 is 1.15 bits per heavy atom. The van der Waals surface area contributed by atoms with Gasteiger partial charge in [-0.1, -0.05) is 96.4 Å². The number of H-pyrrole nitrogens is 1. The smallest absolute Gasteiger partial charge is 0.0730 e. The minimum absolute atomic E-state index is 0.174. The van der Waals surface area contributed by atoms with Crippen LogP contribution >= 0.6 is 22.7 Å². The fourth-order valence-corrected chi connectivity index (χ4v) is 9.28. The maximum absolute atomic E-state index is 5.45. The van der Waals surface area contributed by atoms with Gasteiger partial charge in [-0.15, -0.1) is 22.7 Å². The number of nitrogens with zero attached hydrogens (tertiary/aromatic N) is 1. The topological polar surface area (TPSA) is 28.1 Å². The van der Waals surface area contributed by atoms with Crippen LogP contribution in [0.15, 0.2) is 132 Å². The lowest BCUT2D eigenvalue weighted by Gasteiger charge is -2.26. The number of benzene rings is 3. The number of hydrogen-bond acceptors (Lipinski definition) is 3. The molecule has 5 heterocycles. The predicted molar refractivity (Wildman–Crippen MR) is 206 cm³/mol. The Kier molecular flexibility index (Phi) is 7.66. The van der Waals surface area contributed by atoms with Crippen LogP contribution in [0.2, 0.25) is 0 Å². The Balaban J connectivity index is 1.49. The monoisotopic (exact) mass is 658 g/mol. The highest BCUT2D eigenvalue weighted by Gasteiger charge is 2.32. The molecule has 236 valence electrons. The van der Waals surface area contributed by atoms with Crippen molar-refractivity contribution in [1.82, 2.24) is 4.98 Å². The van der Waals surface area contributed by atoms with E-state index in [9.17, 15) is 0 Å². The summed E-state index contributed by atoms with van der Waals surface area (Å²) in [6, 6.07) is 40.5. The molecule has 1 N–H and O–H groups in total. The molecule has 1 atom stereocenters. The molecule has 0 spiro atoms. The van der Waals surface area contributed by atoms with Gasteiger partial charge in [0.25, 0.3) is 0 Å². The molecule has 2 aliphatic heterocycles. The highest BCUT2D eigenvalue weighted by atomic mass is 32.1. The van der Waals surface area contributed by atoms with Gasteiger partial charge in [0.2, 0.25) is 0 Å². The average Bonchev–Trinajstić information content (AvgIpc) is 3.93. The van der Waals surface area contributed by atoms with Gasteiger partial charge < -0.3 is 4.98 Å². The quantitative estimate of drug-likeness (QED) is 0.195. The van der Waals surface area contributed by atoms with Crippen molar-refractivity contribution < 1.29 is 0 Å². The summed E-state index contributed by atoms with van der Waals surface area (Å²) < 4.78 is 2.44. The van der Waals surface area contributed by atoms with Crippen LogP contribution in [0.25, 0.3) is 16.7 Å². The minimum atomic E-state index is -0.174. The molecule has 3 aromatic heterocycles. The highest BCUT2D eigenvalue weighted by molar-refractivity contribution is 7.13. The van der Waals surface area contributed by atoms with E-state index in [2.05, 4.69) is 161 Å². The van der Waals surface area contributed by atoms with Crippen LogP contribution in [0.5, 0.6) is 0 Å². The number of fused-ring (bicyclic) bond motifs is 7. The first kappa shape index (κ1) is 30.6. The molecule has 1 unspecified atom stereocenters. The third-order valence-corrected chi connectivity index (χ3v) is 12.4. The van der Waals surface area contributed by atoms with Gasteiger partial charge in [0.1, 0.15) is 0 Å². The van der Waals surface area contributed by atoms with E-state index >= 15 is 0 Å². The van der Waals surface area contributed by atoms with Crippen molar-refractivity contribution in [2.24, 2.45) is 4.99 Å². The van der Waals surface area contributed by atoms with Crippen LogP contribution in [-0.2, 0) is 5.41 Å². The van der Waals surface area contributed by atoms with Crippen molar-refractivity contribution in [3.05, 3.63) is 191 Å². The lowest BCUT2D eigenvalue weighted by Crippen LogP contribution is -2.21. The Bertz CT molecular complexity index is 2390. The van der Waals surface area contributed by atoms with Gasteiger partial charge in [-0.3, -0.25) is 0 Å². The summed E-state index contributed by atoms with van der Waals surface area (Å²) >= 11 is 3.73. The Morgan fingerprint density at radius 1 is 0.583 bits per heavy atom. The molecule has 0 amide bonds. The number of aryl methyl sites for hydroxylation is 3. The molecule has 2 nitrogen and oxygen atoms in total. The van der Waals surface area contributed by atoms with Crippen LogP contribution in [0.3, 0.4) is 0 Å². The summed E-state index contributed by atoms with van der Waals surface area (Å²) in [4.78, 5) is 12.0. The SMILES string of the molecule is CCC1(C)c2ccc([nH]2)/C(c2ccc(C)cc2)=c2/cc/c(s2)=C(\c2ccc(C)cc2)C2=N/C(=C(/c3ccc(C)cc3)c3ccc1s3)C=C2. The van der Waals surface area contributed by atoms with Gasteiger partial charge in [-0.2, -0.15) is 0 Å². The number of aliphatic imine (C=N–C) groups is 1. The van der Waals surface area contributed by atoms with Crippen molar-refractivity contribution >= 4 is 45.1 Å². The number of aromatic nitrogens is 1. The summed E-state index contributed by atoms with van der Waals surface area (Å²) in [6.07, 6.45) is 5.40. The van der Waals surface area contributed by atoms with Crippen LogP contribution in [0, 0.1) is 20.8 Å². The summed E-state index contributed by atoms with van der Waals surface area (Å²) in [7, 11) is 0. The zero-order chi connectivity index (χ0) is 33.0. The fraction of sp³-hybridized carbons (Fsp3) is 0.159. The molecule has 8 bridgehead atoms. The number of thiophene rings is 2. The van der Waals surface area contributed by atoms with Gasteiger partial charge in [-0.05, 0) is 99.4 Å². The van der Waals surface area contributed by atoms with Crippen LogP contribution in [0.1, 0.15) is 74.8 Å². The second-order valence-electron chi connectivity index (χ2n) is 13.2. The molecule has 0 aliphatic carbocycles. The molecule has 0 saturated heterocycles. The normalized spacial score (nSPS) is 21.1. The number of nitrogens with one attached hydrogen (secondary N) is 1. The maximum atomic E-state index is 5.45. The summed E-state index contributed by atoms with van der Waals surface area (Å²) in [6.45, 7) is 11.1.